The van der Waals surface area contributed by atoms with Crippen LogP contribution in [-0.2, 0) is 6.42 Å². The molecule has 0 fully saturated rings. The Balaban J connectivity index is 1.92. The van der Waals surface area contributed by atoms with Crippen molar-refractivity contribution < 1.29 is 8.78 Å². The number of aromatic nitrogens is 2. The second kappa shape index (κ2) is 6.18. The van der Waals surface area contributed by atoms with Crippen molar-refractivity contribution in [2.24, 2.45) is 0 Å². The molecule has 3 heterocycles. The predicted molar refractivity (Wildman–Crippen MR) is 93.2 cm³/mol. The minimum atomic E-state index is -0.637. The molecule has 0 amide bonds. The van der Waals surface area contributed by atoms with Crippen LogP contribution >= 0.6 is 22.9 Å². The molecule has 4 rings (SSSR count). The highest BCUT2D eigenvalue weighted by atomic mass is 35.5. The fraction of sp³-hybridized carbons (Fsp3) is 0.235. The lowest BCUT2D eigenvalue weighted by Gasteiger charge is -2.10. The highest BCUT2D eigenvalue weighted by molar-refractivity contribution is 7.19. The lowest BCUT2D eigenvalue weighted by Crippen LogP contribution is -2.08. The standard InChI is InChI=1S/C17H14ClF2N3S/c18-15-7-6-14(24-15)16-11-3-1-2-8-21-17(11)23(22-16)13-5-4-10(19)9-12(13)20/h4-7,9,21H,1-3,8H2. The zero-order valence-corrected chi connectivity index (χ0v) is 14.2. The fourth-order valence-electron chi connectivity index (χ4n) is 2.97. The third-order valence-corrected chi connectivity index (χ3v) is 5.31. The van der Waals surface area contributed by atoms with E-state index in [1.807, 2.05) is 12.1 Å². The van der Waals surface area contributed by atoms with Crippen LogP contribution in [0.25, 0.3) is 16.3 Å². The number of nitrogens with zero attached hydrogens (tertiary/aromatic N) is 2. The van der Waals surface area contributed by atoms with Crippen molar-refractivity contribution >= 4 is 28.8 Å². The molecule has 7 heteroatoms. The molecule has 0 atom stereocenters. The van der Waals surface area contributed by atoms with Crippen LogP contribution in [0.4, 0.5) is 14.6 Å². The number of halogens is 3. The average molecular weight is 366 g/mol. The number of anilines is 1. The summed E-state index contributed by atoms with van der Waals surface area (Å²) in [5.74, 6) is -0.465. The number of hydrogen-bond acceptors (Lipinski definition) is 3. The van der Waals surface area contributed by atoms with Crippen molar-refractivity contribution in [3.05, 3.63) is 51.9 Å². The summed E-state index contributed by atoms with van der Waals surface area (Å²) in [4.78, 5) is 0.946. The van der Waals surface area contributed by atoms with E-state index in [0.29, 0.717) is 4.34 Å². The largest absolute Gasteiger partial charge is 0.370 e. The second-order valence-corrected chi connectivity index (χ2v) is 7.39. The van der Waals surface area contributed by atoms with Gasteiger partial charge in [-0.1, -0.05) is 11.6 Å². The molecular formula is C17H14ClF2N3S. The summed E-state index contributed by atoms with van der Waals surface area (Å²) in [7, 11) is 0. The van der Waals surface area contributed by atoms with E-state index in [0.717, 1.165) is 53.8 Å². The van der Waals surface area contributed by atoms with Gasteiger partial charge in [0.2, 0.25) is 0 Å². The molecule has 2 aromatic heterocycles. The van der Waals surface area contributed by atoms with Crippen LogP contribution in [0.5, 0.6) is 0 Å². The van der Waals surface area contributed by atoms with Gasteiger partial charge in [0.1, 0.15) is 23.0 Å². The van der Waals surface area contributed by atoms with Crippen molar-refractivity contribution in [1.82, 2.24) is 9.78 Å². The Morgan fingerprint density at radius 2 is 2.04 bits per heavy atom. The van der Waals surface area contributed by atoms with Crippen molar-refractivity contribution in [3.8, 4) is 16.3 Å². The lowest BCUT2D eigenvalue weighted by molar-refractivity contribution is 0.574. The number of hydrogen-bond donors (Lipinski definition) is 1. The van der Waals surface area contributed by atoms with Gasteiger partial charge in [-0.05, 0) is 43.5 Å². The third-order valence-electron chi connectivity index (χ3n) is 4.07. The van der Waals surface area contributed by atoms with E-state index in [2.05, 4.69) is 10.4 Å². The van der Waals surface area contributed by atoms with Crippen LogP contribution in [0.2, 0.25) is 4.34 Å². The molecule has 0 unspecified atom stereocenters. The molecule has 1 aromatic carbocycles. The molecule has 0 radical (unpaired) electrons. The van der Waals surface area contributed by atoms with Gasteiger partial charge < -0.3 is 5.32 Å². The molecule has 0 bridgehead atoms. The Kier molecular flexibility index (Phi) is 4.02. The molecule has 1 aliphatic heterocycles. The zero-order chi connectivity index (χ0) is 16.7. The van der Waals surface area contributed by atoms with Crippen molar-refractivity contribution in [2.45, 2.75) is 19.3 Å². The molecule has 1 aliphatic rings. The van der Waals surface area contributed by atoms with E-state index in [-0.39, 0.29) is 5.69 Å². The fourth-order valence-corrected chi connectivity index (χ4v) is 4.02. The smallest absolute Gasteiger partial charge is 0.151 e. The van der Waals surface area contributed by atoms with Crippen LogP contribution in [0.3, 0.4) is 0 Å². The molecule has 24 heavy (non-hydrogen) atoms. The Hall–Kier alpha value is -1.92. The minimum absolute atomic E-state index is 0.232. The SMILES string of the molecule is Fc1ccc(-n2nc(-c3ccc(Cl)s3)c3c2NCCCC3)c(F)c1. The van der Waals surface area contributed by atoms with Crippen LogP contribution < -0.4 is 5.32 Å². The van der Waals surface area contributed by atoms with Gasteiger partial charge in [-0.2, -0.15) is 5.10 Å². The summed E-state index contributed by atoms with van der Waals surface area (Å²) in [6.45, 7) is 0.798. The summed E-state index contributed by atoms with van der Waals surface area (Å²) < 4.78 is 29.7. The van der Waals surface area contributed by atoms with E-state index >= 15 is 0 Å². The maximum Gasteiger partial charge on any atom is 0.151 e. The minimum Gasteiger partial charge on any atom is -0.370 e. The molecular weight excluding hydrogens is 352 g/mol. The molecule has 3 nitrogen and oxygen atoms in total. The maximum atomic E-state index is 14.3. The number of fused-ring (bicyclic) bond motifs is 1. The first-order chi connectivity index (χ1) is 11.6. The van der Waals surface area contributed by atoms with E-state index in [9.17, 15) is 8.78 Å². The average Bonchev–Trinajstić information content (AvgIpc) is 3.03. The van der Waals surface area contributed by atoms with Gasteiger partial charge in [-0.3, -0.25) is 0 Å². The quantitative estimate of drug-likeness (QED) is 0.669. The monoisotopic (exact) mass is 365 g/mol. The number of nitrogens with one attached hydrogen (secondary N) is 1. The molecule has 0 saturated carbocycles. The van der Waals surface area contributed by atoms with Crippen LogP contribution in [0, 0.1) is 11.6 Å². The van der Waals surface area contributed by atoms with E-state index < -0.39 is 11.6 Å². The molecule has 0 aliphatic carbocycles. The summed E-state index contributed by atoms with van der Waals surface area (Å²) in [5, 5.41) is 7.96. The Labute approximate surface area is 146 Å². The first-order valence-electron chi connectivity index (χ1n) is 7.70. The van der Waals surface area contributed by atoms with Crippen LogP contribution in [0.15, 0.2) is 30.3 Å². The van der Waals surface area contributed by atoms with Crippen LogP contribution in [-0.4, -0.2) is 16.3 Å². The number of thiophene rings is 1. The molecule has 0 spiro atoms. The van der Waals surface area contributed by atoms with Crippen molar-refractivity contribution in [1.29, 1.82) is 0 Å². The Bertz CT molecular complexity index is 903. The van der Waals surface area contributed by atoms with Gasteiger partial charge in [0.05, 0.1) is 9.21 Å². The Morgan fingerprint density at radius 3 is 2.79 bits per heavy atom. The lowest BCUT2D eigenvalue weighted by atomic mass is 10.1. The van der Waals surface area contributed by atoms with E-state index in [1.165, 1.54) is 23.5 Å². The molecule has 3 aromatic rings. The van der Waals surface area contributed by atoms with Gasteiger partial charge >= 0.3 is 0 Å². The summed E-state index contributed by atoms with van der Waals surface area (Å²) in [6.07, 6.45) is 2.92. The summed E-state index contributed by atoms with van der Waals surface area (Å²) in [5.41, 5.74) is 2.09. The normalized spacial score (nSPS) is 14.1. The topological polar surface area (TPSA) is 29.9 Å². The van der Waals surface area contributed by atoms with E-state index in [4.69, 9.17) is 11.6 Å². The summed E-state index contributed by atoms with van der Waals surface area (Å²) >= 11 is 7.50. The molecule has 124 valence electrons. The first-order valence-corrected chi connectivity index (χ1v) is 8.90. The Morgan fingerprint density at radius 1 is 1.17 bits per heavy atom. The van der Waals surface area contributed by atoms with E-state index in [1.54, 1.807) is 4.68 Å². The van der Waals surface area contributed by atoms with Gasteiger partial charge in [-0.25, -0.2) is 13.5 Å². The third kappa shape index (κ3) is 2.70. The zero-order valence-electron chi connectivity index (χ0n) is 12.7. The highest BCUT2D eigenvalue weighted by Gasteiger charge is 2.23. The number of benzene rings is 1. The second-order valence-electron chi connectivity index (χ2n) is 5.67. The molecule has 0 saturated heterocycles. The van der Waals surface area contributed by atoms with Gasteiger partial charge in [0.15, 0.2) is 5.82 Å². The highest BCUT2D eigenvalue weighted by Crippen LogP contribution is 2.38. The first kappa shape index (κ1) is 15.6. The van der Waals surface area contributed by atoms with Crippen LogP contribution in [0.1, 0.15) is 18.4 Å². The maximum absolute atomic E-state index is 14.3. The number of rotatable bonds is 2. The van der Waals surface area contributed by atoms with Gasteiger partial charge in [0.25, 0.3) is 0 Å². The van der Waals surface area contributed by atoms with Crippen molar-refractivity contribution in [2.75, 3.05) is 11.9 Å². The van der Waals surface area contributed by atoms with Gasteiger partial charge in [-0.15, -0.1) is 11.3 Å². The van der Waals surface area contributed by atoms with Crippen molar-refractivity contribution in [3.63, 3.8) is 0 Å². The predicted octanol–water partition coefficient (Wildman–Crippen LogP) is 5.28. The summed E-state index contributed by atoms with van der Waals surface area (Å²) in [6, 6.07) is 7.28. The molecule has 1 N–H and O–H groups in total. The van der Waals surface area contributed by atoms with Gasteiger partial charge in [0, 0.05) is 18.2 Å².